The first kappa shape index (κ1) is 15.8. The molecule has 0 radical (unpaired) electrons. The predicted octanol–water partition coefficient (Wildman–Crippen LogP) is 1.42. The summed E-state index contributed by atoms with van der Waals surface area (Å²) in [6.45, 7) is 8.57. The molecule has 1 fully saturated rings. The number of H-pyrrole nitrogens is 1. The molecular weight excluding hydrogens is 266 g/mol. The van der Waals surface area contributed by atoms with Crippen molar-refractivity contribution in [2.75, 3.05) is 33.2 Å². The Morgan fingerprint density at radius 1 is 1.48 bits per heavy atom. The Labute approximate surface area is 126 Å². The number of hydrogen-bond donors (Lipinski definition) is 1. The first-order chi connectivity index (χ1) is 9.95. The summed E-state index contributed by atoms with van der Waals surface area (Å²) < 4.78 is 0. The third-order valence-electron chi connectivity index (χ3n) is 3.90. The summed E-state index contributed by atoms with van der Waals surface area (Å²) in [5.74, 6) is 1.19. The molecule has 2 rings (SSSR count). The second-order valence-corrected chi connectivity index (χ2v) is 6.44. The molecule has 1 saturated heterocycles. The van der Waals surface area contributed by atoms with Gasteiger partial charge in [-0.25, -0.2) is 0 Å². The van der Waals surface area contributed by atoms with Crippen molar-refractivity contribution in [1.29, 1.82) is 0 Å². The normalized spacial score (nSPS) is 19.1. The maximum Gasteiger partial charge on any atom is 0.255 e. The van der Waals surface area contributed by atoms with Gasteiger partial charge in [0.1, 0.15) is 0 Å². The van der Waals surface area contributed by atoms with Gasteiger partial charge in [-0.1, -0.05) is 13.8 Å². The van der Waals surface area contributed by atoms with E-state index in [1.54, 1.807) is 11.0 Å². The van der Waals surface area contributed by atoms with Crippen LogP contribution in [0.1, 0.15) is 30.6 Å². The van der Waals surface area contributed by atoms with Crippen LogP contribution < -0.4 is 5.56 Å². The number of aromatic amines is 1. The first-order valence-corrected chi connectivity index (χ1v) is 7.62. The van der Waals surface area contributed by atoms with Gasteiger partial charge < -0.3 is 14.8 Å². The molecule has 0 aliphatic carbocycles. The highest BCUT2D eigenvalue weighted by Gasteiger charge is 2.25. The molecule has 0 saturated carbocycles. The van der Waals surface area contributed by atoms with Crippen LogP contribution in [0.5, 0.6) is 0 Å². The van der Waals surface area contributed by atoms with E-state index >= 15 is 0 Å². The highest BCUT2D eigenvalue weighted by molar-refractivity contribution is 5.93. The SMILES string of the molecule is CC(C)CN1CC[C@H](CN(C)C(=O)c2ccc(=O)[nH]c2)C1. The molecular formula is C16H25N3O2. The second-order valence-electron chi connectivity index (χ2n) is 6.44. The van der Waals surface area contributed by atoms with Gasteiger partial charge in [-0.05, 0) is 30.9 Å². The minimum Gasteiger partial charge on any atom is -0.341 e. The van der Waals surface area contributed by atoms with E-state index in [0.29, 0.717) is 17.4 Å². The van der Waals surface area contributed by atoms with E-state index in [4.69, 9.17) is 0 Å². The topological polar surface area (TPSA) is 56.4 Å². The molecule has 2 heterocycles. The number of nitrogens with one attached hydrogen (secondary N) is 1. The Bertz CT molecular complexity index is 518. The third kappa shape index (κ3) is 4.43. The lowest BCUT2D eigenvalue weighted by Crippen LogP contribution is -2.34. The molecule has 0 bridgehead atoms. The van der Waals surface area contributed by atoms with E-state index in [0.717, 1.165) is 32.6 Å². The third-order valence-corrected chi connectivity index (χ3v) is 3.90. The van der Waals surface area contributed by atoms with Gasteiger partial charge in [-0.3, -0.25) is 9.59 Å². The fourth-order valence-electron chi connectivity index (χ4n) is 2.98. The van der Waals surface area contributed by atoms with Crippen molar-refractivity contribution in [3.8, 4) is 0 Å². The van der Waals surface area contributed by atoms with Crippen LogP contribution in [0.3, 0.4) is 0 Å². The Kier molecular flexibility index (Phi) is 5.17. The monoisotopic (exact) mass is 291 g/mol. The molecule has 116 valence electrons. The molecule has 1 aliphatic heterocycles. The molecule has 1 N–H and O–H groups in total. The Morgan fingerprint density at radius 3 is 2.86 bits per heavy atom. The number of likely N-dealkylation sites (tertiary alicyclic amines) is 1. The van der Waals surface area contributed by atoms with Crippen molar-refractivity contribution < 1.29 is 4.79 Å². The van der Waals surface area contributed by atoms with Gasteiger partial charge in [0.05, 0.1) is 5.56 Å². The van der Waals surface area contributed by atoms with Crippen LogP contribution in [0.25, 0.3) is 0 Å². The van der Waals surface area contributed by atoms with Crippen molar-refractivity contribution in [3.05, 3.63) is 34.2 Å². The molecule has 0 spiro atoms. The number of carbonyl (C=O) groups excluding carboxylic acids is 1. The molecule has 5 nitrogen and oxygen atoms in total. The summed E-state index contributed by atoms with van der Waals surface area (Å²) in [4.78, 5) is 30.1. The predicted molar refractivity (Wildman–Crippen MR) is 83.4 cm³/mol. The van der Waals surface area contributed by atoms with Crippen LogP contribution in [0.4, 0.5) is 0 Å². The highest BCUT2D eigenvalue weighted by Crippen LogP contribution is 2.18. The summed E-state index contributed by atoms with van der Waals surface area (Å²) in [6, 6.07) is 2.97. The Morgan fingerprint density at radius 2 is 2.24 bits per heavy atom. The summed E-state index contributed by atoms with van der Waals surface area (Å²) in [5, 5.41) is 0. The molecule has 5 heteroatoms. The smallest absolute Gasteiger partial charge is 0.255 e. The first-order valence-electron chi connectivity index (χ1n) is 7.62. The van der Waals surface area contributed by atoms with Crippen molar-refractivity contribution in [2.24, 2.45) is 11.8 Å². The second kappa shape index (κ2) is 6.89. The van der Waals surface area contributed by atoms with Crippen molar-refractivity contribution in [2.45, 2.75) is 20.3 Å². The summed E-state index contributed by atoms with van der Waals surface area (Å²) >= 11 is 0. The summed E-state index contributed by atoms with van der Waals surface area (Å²) in [6.07, 6.45) is 2.64. The van der Waals surface area contributed by atoms with Gasteiger partial charge in [-0.2, -0.15) is 0 Å². The lowest BCUT2D eigenvalue weighted by molar-refractivity contribution is 0.0772. The van der Waals surface area contributed by atoms with Gasteiger partial charge in [0.15, 0.2) is 0 Å². The van der Waals surface area contributed by atoms with E-state index in [1.165, 1.54) is 12.3 Å². The van der Waals surface area contributed by atoms with E-state index in [9.17, 15) is 9.59 Å². The molecule has 1 aromatic heterocycles. The molecule has 0 unspecified atom stereocenters. The largest absolute Gasteiger partial charge is 0.341 e. The van der Waals surface area contributed by atoms with E-state index in [1.807, 2.05) is 7.05 Å². The quantitative estimate of drug-likeness (QED) is 0.893. The molecule has 1 aromatic rings. The van der Waals surface area contributed by atoms with Crippen LogP contribution in [0.15, 0.2) is 23.1 Å². The van der Waals surface area contributed by atoms with Gasteiger partial charge >= 0.3 is 0 Å². The van der Waals surface area contributed by atoms with Gasteiger partial charge in [0, 0.05) is 38.9 Å². The molecule has 21 heavy (non-hydrogen) atoms. The zero-order valence-electron chi connectivity index (χ0n) is 13.1. The standard InChI is InChI=1S/C16H25N3O2/c1-12(2)9-19-7-6-13(11-19)10-18(3)16(21)14-4-5-15(20)17-8-14/h4-5,8,12-13H,6-7,9-11H2,1-3H3,(H,17,20)/t13-/m1/s1. The van der Waals surface area contributed by atoms with Crippen LogP contribution in [-0.4, -0.2) is 53.9 Å². The van der Waals surface area contributed by atoms with Crippen LogP contribution in [0.2, 0.25) is 0 Å². The van der Waals surface area contributed by atoms with Crippen LogP contribution >= 0.6 is 0 Å². The minimum absolute atomic E-state index is 0.0337. The number of pyridine rings is 1. The van der Waals surface area contributed by atoms with Gasteiger partial charge in [0.25, 0.3) is 5.91 Å². The van der Waals surface area contributed by atoms with Crippen molar-refractivity contribution >= 4 is 5.91 Å². The van der Waals surface area contributed by atoms with Crippen molar-refractivity contribution in [1.82, 2.24) is 14.8 Å². The zero-order valence-corrected chi connectivity index (χ0v) is 13.1. The molecule has 1 aliphatic rings. The Hall–Kier alpha value is -1.62. The average molecular weight is 291 g/mol. The van der Waals surface area contributed by atoms with Gasteiger partial charge in [0.2, 0.25) is 5.56 Å². The Balaban J connectivity index is 1.87. The average Bonchev–Trinajstić information content (AvgIpc) is 2.85. The fraction of sp³-hybridized carbons (Fsp3) is 0.625. The van der Waals surface area contributed by atoms with E-state index in [2.05, 4.69) is 23.7 Å². The zero-order chi connectivity index (χ0) is 15.4. The lowest BCUT2D eigenvalue weighted by atomic mass is 10.1. The van der Waals surface area contributed by atoms with Crippen molar-refractivity contribution in [3.63, 3.8) is 0 Å². The summed E-state index contributed by atoms with van der Waals surface area (Å²) in [5.41, 5.74) is 0.350. The summed E-state index contributed by atoms with van der Waals surface area (Å²) in [7, 11) is 1.83. The minimum atomic E-state index is -0.186. The molecule has 1 atom stereocenters. The number of aromatic nitrogens is 1. The maximum atomic E-state index is 12.3. The molecule has 1 amide bonds. The van der Waals surface area contributed by atoms with Crippen LogP contribution in [-0.2, 0) is 0 Å². The number of hydrogen-bond acceptors (Lipinski definition) is 3. The number of rotatable bonds is 5. The number of amides is 1. The van der Waals surface area contributed by atoms with Gasteiger partial charge in [-0.15, -0.1) is 0 Å². The highest BCUT2D eigenvalue weighted by atomic mass is 16.2. The van der Waals surface area contributed by atoms with Crippen LogP contribution in [0, 0.1) is 11.8 Å². The fourth-order valence-corrected chi connectivity index (χ4v) is 2.98. The number of nitrogens with zero attached hydrogens (tertiary/aromatic N) is 2. The van der Waals surface area contributed by atoms with E-state index < -0.39 is 0 Å². The molecule has 0 aromatic carbocycles. The maximum absolute atomic E-state index is 12.3. The number of carbonyl (C=O) groups is 1. The van der Waals surface area contributed by atoms with E-state index in [-0.39, 0.29) is 11.5 Å². The lowest BCUT2D eigenvalue weighted by Gasteiger charge is -2.22.